The monoisotopic (exact) mass is 296 g/mol. The third-order valence-corrected chi connectivity index (χ3v) is 3.89. The van der Waals surface area contributed by atoms with Crippen molar-refractivity contribution in [2.24, 2.45) is 0 Å². The summed E-state index contributed by atoms with van der Waals surface area (Å²) >= 11 is 0. The second kappa shape index (κ2) is 5.57. The Bertz CT molecular complexity index is 658. The SMILES string of the molecule is CCN1CCOC(Cn2c(N)nc3ccc(F)c(F)c32)C1. The van der Waals surface area contributed by atoms with Crippen molar-refractivity contribution < 1.29 is 13.5 Å². The molecular weight excluding hydrogens is 278 g/mol. The van der Waals surface area contributed by atoms with Gasteiger partial charge in [0.25, 0.3) is 0 Å². The summed E-state index contributed by atoms with van der Waals surface area (Å²) in [4.78, 5) is 6.34. The van der Waals surface area contributed by atoms with Crippen LogP contribution in [0.5, 0.6) is 0 Å². The Morgan fingerprint density at radius 3 is 3.00 bits per heavy atom. The zero-order valence-corrected chi connectivity index (χ0v) is 11.9. The van der Waals surface area contributed by atoms with Crippen molar-refractivity contribution in [3.63, 3.8) is 0 Å². The first-order valence-corrected chi connectivity index (χ1v) is 7.03. The lowest BCUT2D eigenvalue weighted by Gasteiger charge is -2.32. The maximum atomic E-state index is 14.0. The average Bonchev–Trinajstić information content (AvgIpc) is 2.80. The lowest BCUT2D eigenvalue weighted by molar-refractivity contribution is -0.0336. The van der Waals surface area contributed by atoms with E-state index >= 15 is 0 Å². The minimum Gasteiger partial charge on any atom is -0.374 e. The van der Waals surface area contributed by atoms with E-state index in [1.807, 2.05) is 0 Å². The van der Waals surface area contributed by atoms with E-state index in [2.05, 4.69) is 16.8 Å². The smallest absolute Gasteiger partial charge is 0.201 e. The number of nitrogens with two attached hydrogens (primary N) is 1. The largest absolute Gasteiger partial charge is 0.374 e. The van der Waals surface area contributed by atoms with Crippen molar-refractivity contribution in [1.82, 2.24) is 14.5 Å². The van der Waals surface area contributed by atoms with Gasteiger partial charge in [0, 0.05) is 13.1 Å². The molecule has 0 radical (unpaired) electrons. The molecule has 1 aliphatic rings. The van der Waals surface area contributed by atoms with Crippen molar-refractivity contribution in [3.05, 3.63) is 23.8 Å². The molecule has 2 N–H and O–H groups in total. The quantitative estimate of drug-likeness (QED) is 0.935. The molecule has 1 aromatic carbocycles. The van der Waals surface area contributed by atoms with Gasteiger partial charge in [-0.3, -0.25) is 4.90 Å². The van der Waals surface area contributed by atoms with Crippen LogP contribution in [0.4, 0.5) is 14.7 Å². The predicted octanol–water partition coefficient (Wildman–Crippen LogP) is 1.62. The Balaban J connectivity index is 1.93. The second-order valence-corrected chi connectivity index (χ2v) is 5.20. The van der Waals surface area contributed by atoms with Gasteiger partial charge in [0.2, 0.25) is 5.95 Å². The van der Waals surface area contributed by atoms with Crippen LogP contribution in [0.3, 0.4) is 0 Å². The normalized spacial score (nSPS) is 20.2. The van der Waals surface area contributed by atoms with Crippen molar-refractivity contribution >= 4 is 17.0 Å². The topological polar surface area (TPSA) is 56.3 Å². The summed E-state index contributed by atoms with van der Waals surface area (Å²) in [5.41, 5.74) is 6.31. The molecule has 1 fully saturated rings. The zero-order valence-electron chi connectivity index (χ0n) is 11.9. The summed E-state index contributed by atoms with van der Waals surface area (Å²) in [6.07, 6.45) is -0.110. The number of hydrogen-bond donors (Lipinski definition) is 1. The fraction of sp³-hybridized carbons (Fsp3) is 0.500. The molecule has 21 heavy (non-hydrogen) atoms. The summed E-state index contributed by atoms with van der Waals surface area (Å²) in [5, 5.41) is 0. The lowest BCUT2D eigenvalue weighted by atomic mass is 10.2. The molecule has 0 bridgehead atoms. The first-order valence-electron chi connectivity index (χ1n) is 7.03. The molecule has 3 rings (SSSR count). The van der Waals surface area contributed by atoms with E-state index in [4.69, 9.17) is 10.5 Å². The summed E-state index contributed by atoms with van der Waals surface area (Å²) in [5.74, 6) is -1.64. The number of likely N-dealkylation sites (N-methyl/N-ethyl adjacent to an activating group) is 1. The van der Waals surface area contributed by atoms with Gasteiger partial charge in [0.1, 0.15) is 5.52 Å². The van der Waals surface area contributed by atoms with Gasteiger partial charge >= 0.3 is 0 Å². The Labute approximate surface area is 121 Å². The number of morpholine rings is 1. The number of nitrogens with zero attached hydrogens (tertiary/aromatic N) is 3. The lowest BCUT2D eigenvalue weighted by Crippen LogP contribution is -2.44. The summed E-state index contributed by atoms with van der Waals surface area (Å²) < 4.78 is 34.7. The minimum atomic E-state index is -0.917. The van der Waals surface area contributed by atoms with Gasteiger partial charge in [-0.05, 0) is 18.7 Å². The molecule has 114 valence electrons. The molecule has 0 saturated carbocycles. The molecule has 2 heterocycles. The van der Waals surface area contributed by atoms with Gasteiger partial charge in [-0.1, -0.05) is 6.92 Å². The Morgan fingerprint density at radius 1 is 1.43 bits per heavy atom. The average molecular weight is 296 g/mol. The highest BCUT2D eigenvalue weighted by molar-refractivity contribution is 5.79. The van der Waals surface area contributed by atoms with E-state index in [0.717, 1.165) is 25.7 Å². The van der Waals surface area contributed by atoms with Crippen LogP contribution in [0, 0.1) is 11.6 Å². The van der Waals surface area contributed by atoms with Crippen LogP contribution in [-0.2, 0) is 11.3 Å². The van der Waals surface area contributed by atoms with E-state index in [0.29, 0.717) is 18.7 Å². The Morgan fingerprint density at radius 2 is 2.24 bits per heavy atom. The summed E-state index contributed by atoms with van der Waals surface area (Å²) in [6, 6.07) is 2.49. The molecule has 0 aliphatic carbocycles. The van der Waals surface area contributed by atoms with Crippen LogP contribution in [0.15, 0.2) is 12.1 Å². The van der Waals surface area contributed by atoms with E-state index in [1.165, 1.54) is 10.6 Å². The number of benzene rings is 1. The number of anilines is 1. The molecule has 1 saturated heterocycles. The van der Waals surface area contributed by atoms with E-state index in [9.17, 15) is 8.78 Å². The first-order chi connectivity index (χ1) is 10.1. The molecule has 5 nitrogen and oxygen atoms in total. The zero-order chi connectivity index (χ0) is 15.0. The fourth-order valence-corrected chi connectivity index (χ4v) is 2.74. The number of imidazole rings is 1. The maximum absolute atomic E-state index is 14.0. The number of halogens is 2. The highest BCUT2D eigenvalue weighted by Crippen LogP contribution is 2.24. The van der Waals surface area contributed by atoms with Crippen LogP contribution in [0.2, 0.25) is 0 Å². The summed E-state index contributed by atoms with van der Waals surface area (Å²) in [6.45, 7) is 5.63. The molecule has 0 amide bonds. The Kier molecular flexibility index (Phi) is 3.77. The van der Waals surface area contributed by atoms with Crippen molar-refractivity contribution in [2.75, 3.05) is 32.0 Å². The number of ether oxygens (including phenoxy) is 1. The van der Waals surface area contributed by atoms with Gasteiger partial charge in [0.15, 0.2) is 11.6 Å². The van der Waals surface area contributed by atoms with Crippen LogP contribution < -0.4 is 5.73 Å². The van der Waals surface area contributed by atoms with Gasteiger partial charge in [0.05, 0.1) is 24.8 Å². The van der Waals surface area contributed by atoms with Crippen molar-refractivity contribution in [3.8, 4) is 0 Å². The van der Waals surface area contributed by atoms with Crippen LogP contribution in [-0.4, -0.2) is 46.8 Å². The standard InChI is InChI=1S/C14H18F2N4O/c1-2-19-5-6-21-9(7-19)8-20-13-11(18-14(20)17)4-3-10(15)12(13)16/h3-4,9H,2,5-8H2,1H3,(H2,17,18). The molecule has 7 heteroatoms. The number of nitrogen functional groups attached to an aromatic ring is 1. The van der Waals surface area contributed by atoms with Crippen molar-refractivity contribution in [1.29, 1.82) is 0 Å². The van der Waals surface area contributed by atoms with E-state index in [-0.39, 0.29) is 17.6 Å². The first kappa shape index (κ1) is 14.2. The molecule has 1 unspecified atom stereocenters. The Hall–Kier alpha value is -1.73. The van der Waals surface area contributed by atoms with Gasteiger partial charge < -0.3 is 15.0 Å². The number of aromatic nitrogens is 2. The van der Waals surface area contributed by atoms with Crippen molar-refractivity contribution in [2.45, 2.75) is 19.6 Å². The molecule has 0 spiro atoms. The minimum absolute atomic E-state index is 0.102. The van der Waals surface area contributed by atoms with Gasteiger partial charge in [-0.25, -0.2) is 13.8 Å². The van der Waals surface area contributed by atoms with Gasteiger partial charge in [-0.2, -0.15) is 0 Å². The maximum Gasteiger partial charge on any atom is 0.201 e. The van der Waals surface area contributed by atoms with E-state index in [1.54, 1.807) is 0 Å². The third kappa shape index (κ3) is 2.58. The second-order valence-electron chi connectivity index (χ2n) is 5.20. The highest BCUT2D eigenvalue weighted by Gasteiger charge is 2.23. The molecule has 1 atom stereocenters. The number of fused-ring (bicyclic) bond motifs is 1. The summed E-state index contributed by atoms with van der Waals surface area (Å²) in [7, 11) is 0. The van der Waals surface area contributed by atoms with E-state index < -0.39 is 11.6 Å². The molecule has 1 aliphatic heterocycles. The molecule has 2 aromatic rings. The van der Waals surface area contributed by atoms with Gasteiger partial charge in [-0.15, -0.1) is 0 Å². The fourth-order valence-electron chi connectivity index (χ4n) is 2.74. The third-order valence-electron chi connectivity index (χ3n) is 3.89. The van der Waals surface area contributed by atoms with Crippen LogP contribution in [0.25, 0.3) is 11.0 Å². The van der Waals surface area contributed by atoms with Crippen LogP contribution in [0.1, 0.15) is 6.92 Å². The number of rotatable bonds is 3. The molecule has 1 aromatic heterocycles. The molecular formula is C14H18F2N4O. The number of hydrogen-bond acceptors (Lipinski definition) is 4. The predicted molar refractivity (Wildman–Crippen MR) is 75.9 cm³/mol. The van der Waals surface area contributed by atoms with Crippen LogP contribution >= 0.6 is 0 Å². The highest BCUT2D eigenvalue weighted by atomic mass is 19.2.